The minimum atomic E-state index is -0.323. The second kappa shape index (κ2) is 5.66. The summed E-state index contributed by atoms with van der Waals surface area (Å²) in [7, 11) is 0. The molecule has 1 aromatic carbocycles. The average molecular weight is 333 g/mol. The van der Waals surface area contributed by atoms with E-state index >= 15 is 0 Å². The van der Waals surface area contributed by atoms with Gasteiger partial charge in [-0.1, -0.05) is 12.1 Å². The van der Waals surface area contributed by atoms with E-state index in [9.17, 15) is 4.39 Å². The molecule has 0 atom stereocenters. The molecule has 3 heterocycles. The highest BCUT2D eigenvalue weighted by atomic mass is 19.1. The molecule has 0 fully saturated rings. The molecular formula is C19H16FN5. The van der Waals surface area contributed by atoms with Crippen LogP contribution in [0.25, 0.3) is 28.2 Å². The summed E-state index contributed by atoms with van der Waals surface area (Å²) in [6.07, 6.45) is 3.50. The maximum atomic E-state index is 13.8. The number of pyridine rings is 1. The van der Waals surface area contributed by atoms with E-state index in [-0.39, 0.29) is 5.82 Å². The third kappa shape index (κ3) is 2.61. The molecule has 0 saturated heterocycles. The van der Waals surface area contributed by atoms with Gasteiger partial charge < -0.3 is 5.73 Å². The number of imidazole rings is 1. The number of hydrogen-bond acceptors (Lipinski definition) is 4. The Labute approximate surface area is 144 Å². The molecule has 4 rings (SSSR count). The van der Waals surface area contributed by atoms with Gasteiger partial charge in [0.05, 0.1) is 11.4 Å². The van der Waals surface area contributed by atoms with Gasteiger partial charge in [-0.3, -0.25) is 9.38 Å². The van der Waals surface area contributed by atoms with Crippen LogP contribution < -0.4 is 5.73 Å². The number of anilines is 1. The smallest absolute Gasteiger partial charge is 0.180 e. The lowest BCUT2D eigenvalue weighted by Crippen LogP contribution is -2.04. The predicted octanol–water partition coefficient (Wildman–Crippen LogP) is 3.80. The van der Waals surface area contributed by atoms with E-state index in [0.717, 1.165) is 22.6 Å². The molecule has 0 unspecified atom stereocenters. The predicted molar refractivity (Wildman–Crippen MR) is 95.5 cm³/mol. The third-order valence-corrected chi connectivity index (χ3v) is 4.02. The number of nitrogens with two attached hydrogens (primary N) is 1. The number of fused-ring (bicyclic) bond motifs is 1. The molecule has 3 aromatic heterocycles. The Hall–Kier alpha value is -3.28. The Balaban J connectivity index is 2.12. The van der Waals surface area contributed by atoms with Gasteiger partial charge in [0, 0.05) is 34.9 Å². The van der Waals surface area contributed by atoms with Crippen molar-refractivity contribution in [2.45, 2.75) is 13.8 Å². The molecule has 0 aliphatic carbocycles. The van der Waals surface area contributed by atoms with Crippen LogP contribution in [0.3, 0.4) is 0 Å². The summed E-state index contributed by atoms with van der Waals surface area (Å²) in [5, 5.41) is 0. The lowest BCUT2D eigenvalue weighted by Gasteiger charge is -2.14. The van der Waals surface area contributed by atoms with E-state index in [1.165, 1.54) is 12.1 Å². The fourth-order valence-electron chi connectivity index (χ4n) is 3.09. The second-order valence-electron chi connectivity index (χ2n) is 5.96. The molecule has 0 radical (unpaired) electrons. The number of hydrogen-bond donors (Lipinski definition) is 1. The van der Waals surface area contributed by atoms with Crippen LogP contribution in [-0.2, 0) is 0 Å². The molecule has 124 valence electrons. The van der Waals surface area contributed by atoms with Crippen LogP contribution in [0.4, 0.5) is 10.2 Å². The molecule has 0 amide bonds. The zero-order valence-electron chi connectivity index (χ0n) is 13.9. The summed E-state index contributed by atoms with van der Waals surface area (Å²) in [6.45, 7) is 3.88. The SMILES string of the molecule is Cc1cc(-c2c(-c3cccc(F)c3)nc(N)c3nccn23)cc(C)n1. The van der Waals surface area contributed by atoms with E-state index in [4.69, 9.17) is 5.73 Å². The number of nitrogen functional groups attached to an aromatic ring is 1. The number of aryl methyl sites for hydroxylation is 2. The van der Waals surface area contributed by atoms with Crippen molar-refractivity contribution >= 4 is 11.5 Å². The highest BCUT2D eigenvalue weighted by Gasteiger charge is 2.17. The fourth-order valence-corrected chi connectivity index (χ4v) is 3.09. The quantitative estimate of drug-likeness (QED) is 0.606. The molecular weight excluding hydrogens is 317 g/mol. The van der Waals surface area contributed by atoms with Crippen molar-refractivity contribution in [2.24, 2.45) is 0 Å². The van der Waals surface area contributed by atoms with Crippen LogP contribution in [0.15, 0.2) is 48.8 Å². The van der Waals surface area contributed by atoms with Crippen LogP contribution in [0.1, 0.15) is 11.4 Å². The van der Waals surface area contributed by atoms with Crippen molar-refractivity contribution in [3.8, 4) is 22.5 Å². The van der Waals surface area contributed by atoms with Crippen molar-refractivity contribution < 1.29 is 4.39 Å². The summed E-state index contributed by atoms with van der Waals surface area (Å²) in [4.78, 5) is 13.2. The number of nitrogens with zero attached hydrogens (tertiary/aromatic N) is 4. The van der Waals surface area contributed by atoms with E-state index in [1.54, 1.807) is 12.3 Å². The largest absolute Gasteiger partial charge is 0.381 e. The van der Waals surface area contributed by atoms with Gasteiger partial charge in [0.15, 0.2) is 11.5 Å². The Morgan fingerprint density at radius 2 is 1.76 bits per heavy atom. The Morgan fingerprint density at radius 1 is 1.00 bits per heavy atom. The van der Waals surface area contributed by atoms with Crippen molar-refractivity contribution in [3.05, 3.63) is 66.0 Å². The van der Waals surface area contributed by atoms with Crippen LogP contribution in [-0.4, -0.2) is 19.4 Å². The molecule has 2 N–H and O–H groups in total. The number of halogens is 1. The summed E-state index contributed by atoms with van der Waals surface area (Å²) in [6, 6.07) is 10.3. The number of rotatable bonds is 2. The first-order valence-corrected chi connectivity index (χ1v) is 7.87. The van der Waals surface area contributed by atoms with E-state index < -0.39 is 0 Å². The van der Waals surface area contributed by atoms with Gasteiger partial charge in [0.1, 0.15) is 5.82 Å². The van der Waals surface area contributed by atoms with Crippen molar-refractivity contribution in [1.29, 1.82) is 0 Å². The van der Waals surface area contributed by atoms with Crippen molar-refractivity contribution in [2.75, 3.05) is 5.73 Å². The first-order chi connectivity index (χ1) is 12.0. The van der Waals surface area contributed by atoms with E-state index in [2.05, 4.69) is 15.0 Å². The Bertz CT molecular complexity index is 1080. The van der Waals surface area contributed by atoms with E-state index in [1.807, 2.05) is 42.6 Å². The summed E-state index contributed by atoms with van der Waals surface area (Å²) in [5.74, 6) is -0.0212. The van der Waals surface area contributed by atoms with Crippen LogP contribution in [0.5, 0.6) is 0 Å². The average Bonchev–Trinajstić information content (AvgIpc) is 3.03. The van der Waals surface area contributed by atoms with Gasteiger partial charge in [0.2, 0.25) is 0 Å². The topological polar surface area (TPSA) is 69.1 Å². The van der Waals surface area contributed by atoms with Crippen molar-refractivity contribution in [1.82, 2.24) is 19.4 Å². The van der Waals surface area contributed by atoms with Gasteiger partial charge in [-0.05, 0) is 38.1 Å². The van der Waals surface area contributed by atoms with Crippen LogP contribution >= 0.6 is 0 Å². The molecule has 0 spiro atoms. The third-order valence-electron chi connectivity index (χ3n) is 4.02. The summed E-state index contributed by atoms with van der Waals surface area (Å²) < 4.78 is 15.7. The first kappa shape index (κ1) is 15.3. The molecule has 0 aliphatic rings. The summed E-state index contributed by atoms with van der Waals surface area (Å²) >= 11 is 0. The van der Waals surface area contributed by atoms with Gasteiger partial charge in [-0.25, -0.2) is 14.4 Å². The van der Waals surface area contributed by atoms with E-state index in [0.29, 0.717) is 22.7 Å². The van der Waals surface area contributed by atoms with Gasteiger partial charge in [-0.15, -0.1) is 0 Å². The maximum absolute atomic E-state index is 13.8. The summed E-state index contributed by atoms with van der Waals surface area (Å²) in [5.41, 5.74) is 11.4. The Kier molecular flexibility index (Phi) is 3.46. The molecule has 0 saturated carbocycles. The van der Waals surface area contributed by atoms with Crippen molar-refractivity contribution in [3.63, 3.8) is 0 Å². The molecule has 0 aliphatic heterocycles. The molecule has 6 heteroatoms. The zero-order chi connectivity index (χ0) is 17.6. The normalized spacial score (nSPS) is 11.2. The lowest BCUT2D eigenvalue weighted by molar-refractivity contribution is 0.628. The number of aromatic nitrogens is 4. The molecule has 4 aromatic rings. The maximum Gasteiger partial charge on any atom is 0.180 e. The standard InChI is InChI=1S/C19H16FN5/c1-11-8-14(9-12(2)23-11)17-16(13-4-3-5-15(20)10-13)24-18(21)19-22-6-7-25(17)19/h3-10H,1-2H3,(H2,21,24). The van der Waals surface area contributed by atoms with Crippen LogP contribution in [0, 0.1) is 19.7 Å². The first-order valence-electron chi connectivity index (χ1n) is 7.87. The molecule has 5 nitrogen and oxygen atoms in total. The minimum Gasteiger partial charge on any atom is -0.381 e. The minimum absolute atomic E-state index is 0.301. The monoisotopic (exact) mass is 333 g/mol. The molecule has 0 bridgehead atoms. The van der Waals surface area contributed by atoms with Crippen LogP contribution in [0.2, 0.25) is 0 Å². The zero-order valence-corrected chi connectivity index (χ0v) is 13.9. The second-order valence-corrected chi connectivity index (χ2v) is 5.96. The van der Waals surface area contributed by atoms with Gasteiger partial charge >= 0.3 is 0 Å². The van der Waals surface area contributed by atoms with Gasteiger partial charge in [0.25, 0.3) is 0 Å². The fraction of sp³-hybridized carbons (Fsp3) is 0.105. The Morgan fingerprint density at radius 3 is 2.48 bits per heavy atom. The number of benzene rings is 1. The lowest BCUT2D eigenvalue weighted by atomic mass is 10.0. The van der Waals surface area contributed by atoms with Gasteiger partial charge in [-0.2, -0.15) is 0 Å². The highest BCUT2D eigenvalue weighted by Crippen LogP contribution is 2.33. The highest BCUT2D eigenvalue weighted by molar-refractivity contribution is 5.83. The molecule has 25 heavy (non-hydrogen) atoms.